The minimum Gasteiger partial charge on any atom is -0.594 e. The fraction of sp³-hybridized carbons (Fsp3) is 0. The van der Waals surface area contributed by atoms with Crippen molar-refractivity contribution in [3.05, 3.63) is 44.8 Å². The van der Waals surface area contributed by atoms with E-state index in [0.717, 1.165) is 24.3 Å². The largest absolute Gasteiger partial charge is 0.594 e. The van der Waals surface area contributed by atoms with Crippen molar-refractivity contribution in [1.29, 1.82) is 11.1 Å². The normalized spacial score (nSPS) is 11.9. The maximum atomic E-state index is 11.4. The molecule has 0 amide bonds. The van der Waals surface area contributed by atoms with Crippen molar-refractivity contribution in [1.82, 2.24) is 0 Å². The molecule has 0 saturated heterocycles. The molecule has 12 nitrogen and oxygen atoms in total. The summed E-state index contributed by atoms with van der Waals surface area (Å²) in [6, 6.07) is 3.81. The lowest BCUT2D eigenvalue weighted by Crippen LogP contribution is -2.03. The highest BCUT2D eigenvalue weighted by Gasteiger charge is 2.28. The summed E-state index contributed by atoms with van der Waals surface area (Å²) in [5.74, 6) is -0.432. The Morgan fingerprint density at radius 1 is 1.09 bits per heavy atom. The van der Waals surface area contributed by atoms with Crippen LogP contribution in [-0.4, -0.2) is 23.4 Å². The summed E-state index contributed by atoms with van der Waals surface area (Å²) in [6.07, 6.45) is 0. The molecule has 3 N–H and O–H groups in total. The number of benzene rings is 2. The van der Waals surface area contributed by atoms with Crippen LogP contribution in [-0.2, 0) is 11.4 Å². The molecule has 0 aliphatic heterocycles. The Balaban J connectivity index is 2.95. The van der Waals surface area contributed by atoms with Crippen LogP contribution in [0.2, 0.25) is 0 Å². The van der Waals surface area contributed by atoms with Crippen LogP contribution in [0, 0.1) is 31.6 Å². The average Bonchev–Trinajstić information content (AvgIpc) is 2.45. The van der Waals surface area contributed by atoms with Crippen molar-refractivity contribution in [3.63, 3.8) is 0 Å². The number of hydrogen-bond acceptors (Lipinski definition) is 8. The van der Waals surface area contributed by atoms with Crippen LogP contribution in [0.5, 0.6) is 5.75 Å². The van der Waals surface area contributed by atoms with Crippen LogP contribution in [0.4, 0.5) is 17.1 Å². The van der Waals surface area contributed by atoms with Crippen molar-refractivity contribution >= 4 is 39.2 Å². The molecule has 2 aromatic carbocycles. The monoisotopic (exact) mass is 341 g/mol. The molecule has 2 rings (SSSR count). The van der Waals surface area contributed by atoms with Gasteiger partial charge in [-0.05, 0) is 17.1 Å². The number of hydrogen-bond donors (Lipinski definition) is 3. The number of nitrogens with one attached hydrogen (secondary N) is 2. The standard InChI is InChI=1S/C10H7N5O7S/c11-13(16)8-4-9(22-23(20)21)7-3-5(15(18)19)1-2-6(7)10(8)14(12)17/h1-4,11-12H,(H,20,21). The number of nitrogens with zero attached hydrogens (tertiary/aromatic N) is 3. The van der Waals surface area contributed by atoms with E-state index in [1.165, 1.54) is 0 Å². The Morgan fingerprint density at radius 2 is 1.74 bits per heavy atom. The smallest absolute Gasteiger partial charge is 0.357 e. The lowest BCUT2D eigenvalue weighted by atomic mass is 10.1. The molecule has 0 aliphatic rings. The molecule has 0 saturated carbocycles. The third-order valence-electron chi connectivity index (χ3n) is 2.83. The van der Waals surface area contributed by atoms with Crippen LogP contribution in [0.15, 0.2) is 24.3 Å². The second-order valence-corrected chi connectivity index (χ2v) is 4.72. The first-order valence-electron chi connectivity index (χ1n) is 5.63. The van der Waals surface area contributed by atoms with E-state index in [1.807, 2.05) is 0 Å². The van der Waals surface area contributed by atoms with Crippen molar-refractivity contribution in [2.45, 2.75) is 0 Å². The lowest BCUT2D eigenvalue weighted by molar-refractivity contribution is -0.499. The van der Waals surface area contributed by atoms with E-state index in [1.54, 1.807) is 0 Å². The summed E-state index contributed by atoms with van der Waals surface area (Å²) in [4.78, 5) is 9.16. The Labute approximate surface area is 129 Å². The molecule has 13 heteroatoms. The Hall–Kier alpha value is -3.19. The van der Waals surface area contributed by atoms with E-state index in [9.17, 15) is 24.7 Å². The van der Waals surface area contributed by atoms with Crippen LogP contribution < -0.4 is 4.18 Å². The van der Waals surface area contributed by atoms with Gasteiger partial charge in [-0.2, -0.15) is 4.21 Å². The van der Waals surface area contributed by atoms with Crippen molar-refractivity contribution in [2.24, 2.45) is 0 Å². The highest BCUT2D eigenvalue weighted by atomic mass is 32.2. The van der Waals surface area contributed by atoms with Crippen molar-refractivity contribution in [2.75, 3.05) is 0 Å². The quantitative estimate of drug-likeness (QED) is 0.244. The molecule has 0 heterocycles. The molecule has 0 aliphatic carbocycles. The third kappa shape index (κ3) is 3.04. The fourth-order valence-electron chi connectivity index (χ4n) is 1.98. The van der Waals surface area contributed by atoms with E-state index in [0.29, 0.717) is 0 Å². The van der Waals surface area contributed by atoms with Gasteiger partial charge in [-0.3, -0.25) is 14.7 Å². The van der Waals surface area contributed by atoms with Gasteiger partial charge >= 0.3 is 22.7 Å². The summed E-state index contributed by atoms with van der Waals surface area (Å²) < 4.78 is 24.2. The van der Waals surface area contributed by atoms with Gasteiger partial charge in [0, 0.05) is 17.5 Å². The van der Waals surface area contributed by atoms with Gasteiger partial charge in [0.15, 0.2) is 5.75 Å². The first-order chi connectivity index (χ1) is 10.7. The first-order valence-corrected chi connectivity index (χ1v) is 6.67. The molecule has 1 atom stereocenters. The predicted octanol–water partition coefficient (Wildman–Crippen LogP) is 2.61. The second-order valence-electron chi connectivity index (χ2n) is 4.12. The zero-order valence-electron chi connectivity index (χ0n) is 11.0. The number of non-ortho nitro benzene ring substituents is 1. The molecule has 0 bridgehead atoms. The zero-order chi connectivity index (χ0) is 17.3. The highest BCUT2D eigenvalue weighted by molar-refractivity contribution is 7.74. The van der Waals surface area contributed by atoms with Crippen LogP contribution >= 0.6 is 0 Å². The molecule has 0 radical (unpaired) electrons. The minimum atomic E-state index is -2.82. The Morgan fingerprint density at radius 3 is 2.22 bits per heavy atom. The van der Waals surface area contributed by atoms with Crippen LogP contribution in [0.3, 0.4) is 0 Å². The summed E-state index contributed by atoms with van der Waals surface area (Å²) in [6.45, 7) is 0. The predicted molar refractivity (Wildman–Crippen MR) is 74.0 cm³/mol. The van der Waals surface area contributed by atoms with E-state index < -0.39 is 48.8 Å². The molecular weight excluding hydrogens is 334 g/mol. The Bertz CT molecular complexity index is 884. The molecular formula is C10H7N5O7S. The van der Waals surface area contributed by atoms with Crippen molar-refractivity contribution in [3.8, 4) is 5.75 Å². The van der Waals surface area contributed by atoms with E-state index in [2.05, 4.69) is 4.18 Å². The SMILES string of the molecule is N=[N+]([O-])c1cc(OS(=O)O)c2cc([N+](=O)[O-])ccc2c1[N+](=N)[O-]. The molecule has 120 valence electrons. The van der Waals surface area contributed by atoms with Gasteiger partial charge in [-0.1, -0.05) is 9.72 Å². The zero-order valence-corrected chi connectivity index (χ0v) is 11.8. The number of rotatable bonds is 5. The molecule has 23 heavy (non-hydrogen) atoms. The number of nitro groups is 1. The van der Waals surface area contributed by atoms with Gasteiger partial charge in [0.25, 0.3) is 5.69 Å². The summed E-state index contributed by atoms with van der Waals surface area (Å²) in [5.41, 5.74) is 12.6. The van der Waals surface area contributed by atoms with E-state index in [-0.39, 0.29) is 10.8 Å². The third-order valence-corrected chi connectivity index (χ3v) is 3.15. The second kappa shape index (κ2) is 5.90. The number of fused-ring (bicyclic) bond motifs is 1. The summed E-state index contributed by atoms with van der Waals surface area (Å²) >= 11 is -2.82. The van der Waals surface area contributed by atoms with Gasteiger partial charge in [0.2, 0.25) is 0 Å². The van der Waals surface area contributed by atoms with Crippen LogP contribution in [0.1, 0.15) is 0 Å². The maximum absolute atomic E-state index is 11.4. The number of nitro benzene ring substituents is 1. The average molecular weight is 341 g/mol. The van der Waals surface area contributed by atoms with E-state index >= 15 is 0 Å². The molecule has 1 unspecified atom stereocenters. The van der Waals surface area contributed by atoms with Gasteiger partial charge in [-0.25, -0.2) is 0 Å². The van der Waals surface area contributed by atoms with E-state index in [4.69, 9.17) is 15.6 Å². The highest BCUT2D eigenvalue weighted by Crippen LogP contribution is 2.42. The van der Waals surface area contributed by atoms with Gasteiger partial charge in [0.1, 0.15) is 0 Å². The minimum absolute atomic E-state index is 0.133. The Kier molecular flexibility index (Phi) is 4.15. The van der Waals surface area contributed by atoms with Gasteiger partial charge in [-0.15, -0.1) is 0 Å². The molecule has 2 aromatic rings. The molecule has 0 aromatic heterocycles. The molecule has 0 fully saturated rings. The topological polar surface area (TPSA) is 190 Å². The first kappa shape index (κ1) is 16.2. The fourth-order valence-corrected chi connectivity index (χ4v) is 2.27. The van der Waals surface area contributed by atoms with Crippen LogP contribution in [0.25, 0.3) is 10.8 Å². The molecule has 0 spiro atoms. The van der Waals surface area contributed by atoms with Crippen molar-refractivity contribution < 1.29 is 27.6 Å². The van der Waals surface area contributed by atoms with Gasteiger partial charge in [0.05, 0.1) is 16.4 Å². The van der Waals surface area contributed by atoms with Gasteiger partial charge < -0.3 is 14.6 Å². The lowest BCUT2D eigenvalue weighted by Gasteiger charge is -2.09. The summed E-state index contributed by atoms with van der Waals surface area (Å²) in [5, 5.41) is 33.2. The maximum Gasteiger partial charge on any atom is 0.357 e. The summed E-state index contributed by atoms with van der Waals surface area (Å²) in [7, 11) is 0.